The fraction of sp³-hybridized carbons (Fsp3) is 0.286. The molecule has 6 heteroatoms. The Morgan fingerprint density at radius 3 is 2.44 bits per heavy atom. The topological polar surface area (TPSA) is 70.3 Å². The molecule has 0 N–H and O–H groups in total. The maximum Gasteiger partial charge on any atom is 0.331 e. The lowest BCUT2D eigenvalue weighted by Crippen LogP contribution is -2.40. The van der Waals surface area contributed by atoms with E-state index >= 15 is 0 Å². The molecule has 0 spiro atoms. The van der Waals surface area contributed by atoms with Crippen molar-refractivity contribution in [2.75, 3.05) is 6.61 Å². The molecule has 0 atom stereocenters. The summed E-state index contributed by atoms with van der Waals surface area (Å²) in [5, 5.41) is 0.426. The highest BCUT2D eigenvalue weighted by Gasteiger charge is 2.16. The van der Waals surface area contributed by atoms with Gasteiger partial charge in [0, 0.05) is 12.1 Å². The van der Waals surface area contributed by atoms with Crippen molar-refractivity contribution in [2.24, 2.45) is 0 Å². The largest absolute Gasteiger partial charge is 0.494 e. The van der Waals surface area contributed by atoms with Crippen LogP contribution in [0.2, 0.25) is 0 Å². The number of ether oxygens (including phenoxy) is 1. The fourth-order valence-electron chi connectivity index (χ4n) is 3.18. The van der Waals surface area contributed by atoms with Gasteiger partial charge in [-0.15, -0.1) is 0 Å². The van der Waals surface area contributed by atoms with E-state index in [1.807, 2.05) is 13.8 Å². The third-order valence-corrected chi connectivity index (χ3v) is 4.55. The number of nitrogens with zero attached hydrogens (tertiary/aromatic N) is 2. The van der Waals surface area contributed by atoms with Crippen LogP contribution in [0, 0.1) is 6.92 Å². The number of aryl methyl sites for hydroxylation is 1. The summed E-state index contributed by atoms with van der Waals surface area (Å²) in [4.78, 5) is 38.1. The number of aromatic nitrogens is 2. The number of hydrogen-bond acceptors (Lipinski definition) is 4. The lowest BCUT2D eigenvalue weighted by molar-refractivity contribution is 0.0971. The van der Waals surface area contributed by atoms with Crippen molar-refractivity contribution in [1.29, 1.82) is 0 Å². The van der Waals surface area contributed by atoms with Gasteiger partial charge in [0.2, 0.25) is 0 Å². The van der Waals surface area contributed by atoms with Crippen molar-refractivity contribution in [2.45, 2.75) is 33.9 Å². The molecule has 27 heavy (non-hydrogen) atoms. The molecule has 0 saturated carbocycles. The van der Waals surface area contributed by atoms with Crippen molar-refractivity contribution >= 4 is 16.7 Å². The molecule has 0 aliphatic rings. The molecule has 140 valence electrons. The molecule has 0 radical (unpaired) electrons. The van der Waals surface area contributed by atoms with Crippen LogP contribution in [0.15, 0.2) is 52.1 Å². The van der Waals surface area contributed by atoms with Gasteiger partial charge in [0.15, 0.2) is 5.78 Å². The predicted octanol–water partition coefficient (Wildman–Crippen LogP) is 2.77. The second kappa shape index (κ2) is 7.61. The zero-order chi connectivity index (χ0) is 19.6. The van der Waals surface area contributed by atoms with Gasteiger partial charge in [-0.1, -0.05) is 12.1 Å². The van der Waals surface area contributed by atoms with Gasteiger partial charge in [-0.25, -0.2) is 4.79 Å². The summed E-state index contributed by atoms with van der Waals surface area (Å²) >= 11 is 0. The summed E-state index contributed by atoms with van der Waals surface area (Å²) in [5.74, 6) is 0.533. The Kier molecular flexibility index (Phi) is 5.26. The molecule has 3 rings (SSSR count). The zero-order valence-corrected chi connectivity index (χ0v) is 15.7. The van der Waals surface area contributed by atoms with Gasteiger partial charge in [-0.05, 0) is 56.7 Å². The number of ketones is 1. The molecule has 0 aliphatic heterocycles. The molecule has 3 aromatic rings. The first-order chi connectivity index (χ1) is 13.0. The van der Waals surface area contributed by atoms with Crippen molar-refractivity contribution in [3.8, 4) is 5.75 Å². The highest BCUT2D eigenvalue weighted by molar-refractivity contribution is 5.97. The second-order valence-corrected chi connectivity index (χ2v) is 6.27. The molecule has 2 aromatic carbocycles. The van der Waals surface area contributed by atoms with E-state index < -0.39 is 5.69 Å². The minimum Gasteiger partial charge on any atom is -0.494 e. The average molecular weight is 366 g/mol. The van der Waals surface area contributed by atoms with E-state index in [-0.39, 0.29) is 24.4 Å². The summed E-state index contributed by atoms with van der Waals surface area (Å²) in [6, 6.07) is 12.1. The molecule has 0 amide bonds. The van der Waals surface area contributed by atoms with Crippen molar-refractivity contribution in [3.05, 3.63) is 74.4 Å². The first-order valence-corrected chi connectivity index (χ1v) is 8.97. The van der Waals surface area contributed by atoms with Crippen LogP contribution in [0.25, 0.3) is 10.9 Å². The summed E-state index contributed by atoms with van der Waals surface area (Å²) in [6.07, 6.45) is 0. The molecule has 1 heterocycles. The number of para-hydroxylation sites is 1. The van der Waals surface area contributed by atoms with Crippen molar-refractivity contribution in [1.82, 2.24) is 9.13 Å². The molecule has 1 aromatic heterocycles. The second-order valence-electron chi connectivity index (χ2n) is 6.27. The van der Waals surface area contributed by atoms with Crippen LogP contribution < -0.4 is 16.0 Å². The lowest BCUT2D eigenvalue weighted by atomic mass is 10.1. The maximum absolute atomic E-state index is 12.8. The van der Waals surface area contributed by atoms with Crippen LogP contribution in [-0.2, 0) is 13.1 Å². The summed E-state index contributed by atoms with van der Waals surface area (Å²) in [6.45, 7) is 6.18. The Morgan fingerprint density at radius 1 is 1.04 bits per heavy atom. The highest BCUT2D eigenvalue weighted by Crippen LogP contribution is 2.20. The van der Waals surface area contributed by atoms with E-state index in [9.17, 15) is 14.4 Å². The van der Waals surface area contributed by atoms with Gasteiger partial charge in [0.1, 0.15) is 5.75 Å². The number of carbonyl (C=O) groups is 1. The van der Waals surface area contributed by atoms with Crippen LogP contribution in [0.4, 0.5) is 0 Å². The van der Waals surface area contributed by atoms with E-state index in [0.29, 0.717) is 23.1 Å². The monoisotopic (exact) mass is 366 g/mol. The van der Waals surface area contributed by atoms with E-state index in [4.69, 9.17) is 4.74 Å². The number of hydrogen-bond donors (Lipinski definition) is 0. The minimum absolute atomic E-state index is 0.132. The van der Waals surface area contributed by atoms with Gasteiger partial charge >= 0.3 is 5.69 Å². The predicted molar refractivity (Wildman–Crippen MR) is 105 cm³/mol. The van der Waals surface area contributed by atoms with Crippen molar-refractivity contribution in [3.63, 3.8) is 0 Å². The molecule has 0 aliphatic carbocycles. The molecule has 0 saturated heterocycles. The van der Waals surface area contributed by atoms with Gasteiger partial charge in [0.25, 0.3) is 5.56 Å². The van der Waals surface area contributed by atoms with Crippen LogP contribution in [0.5, 0.6) is 5.75 Å². The summed E-state index contributed by atoms with van der Waals surface area (Å²) in [7, 11) is 0. The smallest absolute Gasteiger partial charge is 0.331 e. The highest BCUT2D eigenvalue weighted by atomic mass is 16.5. The maximum atomic E-state index is 12.8. The summed E-state index contributed by atoms with van der Waals surface area (Å²) < 4.78 is 8.03. The van der Waals surface area contributed by atoms with Crippen LogP contribution >= 0.6 is 0 Å². The lowest BCUT2D eigenvalue weighted by Gasteiger charge is -2.13. The SMILES string of the molecule is CCOc1ccc(C(=O)Cn2c(=O)n(CC)c(=O)c3ccccc32)cc1C. The molecule has 0 unspecified atom stereocenters. The first kappa shape index (κ1) is 18.6. The Bertz CT molecular complexity index is 1130. The quantitative estimate of drug-likeness (QED) is 0.629. The number of carbonyl (C=O) groups excluding carboxylic acids is 1. The fourth-order valence-corrected chi connectivity index (χ4v) is 3.18. The normalized spacial score (nSPS) is 10.9. The Hall–Kier alpha value is -3.15. The average Bonchev–Trinajstić information content (AvgIpc) is 2.67. The summed E-state index contributed by atoms with van der Waals surface area (Å²) in [5.41, 5.74) is 1.02. The van der Waals surface area contributed by atoms with E-state index in [0.717, 1.165) is 15.9 Å². The van der Waals surface area contributed by atoms with E-state index in [1.54, 1.807) is 49.4 Å². The standard InChI is InChI=1S/C21H22N2O4/c1-4-22-20(25)16-8-6-7-9-17(16)23(21(22)26)13-18(24)15-10-11-19(27-5-2)14(3)12-15/h6-12H,4-5,13H2,1-3H3. The van der Waals surface area contributed by atoms with Crippen LogP contribution in [0.3, 0.4) is 0 Å². The number of fused-ring (bicyclic) bond motifs is 1. The van der Waals surface area contributed by atoms with Gasteiger partial charge in [0.05, 0.1) is 24.1 Å². The van der Waals surface area contributed by atoms with Gasteiger partial charge in [-0.2, -0.15) is 0 Å². The Labute approximate surface area is 156 Å². The van der Waals surface area contributed by atoms with E-state index in [1.165, 1.54) is 4.57 Å². The van der Waals surface area contributed by atoms with Crippen LogP contribution in [-0.4, -0.2) is 21.5 Å². The zero-order valence-electron chi connectivity index (χ0n) is 15.7. The number of benzene rings is 2. The number of rotatable bonds is 6. The molecule has 6 nitrogen and oxygen atoms in total. The van der Waals surface area contributed by atoms with Gasteiger partial charge < -0.3 is 4.74 Å². The third-order valence-electron chi connectivity index (χ3n) is 4.55. The van der Waals surface area contributed by atoms with E-state index in [2.05, 4.69) is 0 Å². The number of Topliss-reactive ketones (excluding diaryl/α,β-unsaturated/α-hetero) is 1. The molecular weight excluding hydrogens is 344 g/mol. The van der Waals surface area contributed by atoms with Crippen molar-refractivity contribution < 1.29 is 9.53 Å². The third kappa shape index (κ3) is 3.43. The van der Waals surface area contributed by atoms with Gasteiger partial charge in [-0.3, -0.25) is 18.7 Å². The molecule has 0 fully saturated rings. The first-order valence-electron chi connectivity index (χ1n) is 8.97. The van der Waals surface area contributed by atoms with Crippen LogP contribution in [0.1, 0.15) is 29.8 Å². The minimum atomic E-state index is -0.475. The molecule has 0 bridgehead atoms. The Morgan fingerprint density at radius 2 is 1.78 bits per heavy atom. The Balaban J connectivity index is 2.07. The molecular formula is C21H22N2O4.